The van der Waals surface area contributed by atoms with Gasteiger partial charge in [-0.2, -0.15) is 5.26 Å². The molecule has 4 nitrogen and oxygen atoms in total. The van der Waals surface area contributed by atoms with Crippen molar-refractivity contribution in [3.63, 3.8) is 0 Å². The van der Waals surface area contributed by atoms with Crippen LogP contribution in [0, 0.1) is 30.1 Å². The minimum Gasteiger partial charge on any atom is -0.353 e. The molecule has 1 N–H and O–H groups in total. The van der Waals surface area contributed by atoms with Crippen LogP contribution < -0.4 is 10.2 Å². The topological polar surface area (TPSA) is 52.0 Å². The van der Waals surface area contributed by atoms with E-state index in [4.69, 9.17) is 5.26 Å². The van der Waals surface area contributed by atoms with E-state index in [9.17, 15) is 0 Å². The number of aryl methyl sites for hydroxylation is 1. The van der Waals surface area contributed by atoms with Crippen molar-refractivity contribution in [1.82, 2.24) is 10.3 Å². The van der Waals surface area contributed by atoms with Crippen LogP contribution in [0.15, 0.2) is 12.1 Å². The molecule has 0 amide bonds. The standard InChI is InChI=1S/C14H18N4/c1-9-3-11(5-15)4-14(17-9)18-8-12-6-16-7-13(12)10(18)2/h3-4,10,12-13,16H,6-8H2,1-2H3. The number of pyridine rings is 1. The summed E-state index contributed by atoms with van der Waals surface area (Å²) in [5, 5.41) is 12.5. The van der Waals surface area contributed by atoms with Crippen molar-refractivity contribution in [1.29, 1.82) is 5.26 Å². The van der Waals surface area contributed by atoms with Crippen LogP contribution in [0.1, 0.15) is 18.2 Å². The first-order valence-corrected chi connectivity index (χ1v) is 6.55. The van der Waals surface area contributed by atoms with Gasteiger partial charge in [-0.3, -0.25) is 0 Å². The van der Waals surface area contributed by atoms with Gasteiger partial charge in [-0.1, -0.05) is 0 Å². The molecule has 0 saturated carbocycles. The van der Waals surface area contributed by atoms with Gasteiger partial charge in [0.15, 0.2) is 0 Å². The quantitative estimate of drug-likeness (QED) is 0.806. The molecule has 1 aromatic heterocycles. The van der Waals surface area contributed by atoms with Crippen molar-refractivity contribution < 1.29 is 0 Å². The maximum atomic E-state index is 9.05. The molecule has 0 radical (unpaired) electrons. The number of nitriles is 1. The Morgan fingerprint density at radius 2 is 2.28 bits per heavy atom. The molecule has 0 aliphatic carbocycles. The van der Waals surface area contributed by atoms with Crippen LogP contribution in [0.5, 0.6) is 0 Å². The number of aromatic nitrogens is 1. The zero-order chi connectivity index (χ0) is 12.7. The molecule has 2 saturated heterocycles. The first-order chi connectivity index (χ1) is 8.69. The molecule has 0 bridgehead atoms. The average molecular weight is 242 g/mol. The van der Waals surface area contributed by atoms with E-state index in [0.29, 0.717) is 11.6 Å². The third kappa shape index (κ3) is 1.75. The number of hydrogen-bond donors (Lipinski definition) is 1. The van der Waals surface area contributed by atoms with Gasteiger partial charge in [0, 0.05) is 31.4 Å². The molecule has 2 fully saturated rings. The summed E-state index contributed by atoms with van der Waals surface area (Å²) >= 11 is 0. The van der Waals surface area contributed by atoms with Crippen LogP contribution in [0.4, 0.5) is 5.82 Å². The molecule has 3 heterocycles. The smallest absolute Gasteiger partial charge is 0.130 e. The van der Waals surface area contributed by atoms with E-state index in [2.05, 4.69) is 28.2 Å². The van der Waals surface area contributed by atoms with Gasteiger partial charge in [-0.25, -0.2) is 4.98 Å². The van der Waals surface area contributed by atoms with Crippen LogP contribution in [0.25, 0.3) is 0 Å². The van der Waals surface area contributed by atoms with Crippen molar-refractivity contribution in [3.05, 3.63) is 23.4 Å². The van der Waals surface area contributed by atoms with E-state index in [1.807, 2.05) is 19.1 Å². The molecule has 3 rings (SSSR count). The number of anilines is 1. The second-order valence-electron chi connectivity index (χ2n) is 5.44. The minimum absolute atomic E-state index is 0.505. The summed E-state index contributed by atoms with van der Waals surface area (Å²) in [5.74, 6) is 2.42. The Hall–Kier alpha value is -1.60. The Balaban J connectivity index is 1.92. The van der Waals surface area contributed by atoms with Crippen LogP contribution in [-0.2, 0) is 0 Å². The summed E-state index contributed by atoms with van der Waals surface area (Å²) in [7, 11) is 0. The average Bonchev–Trinajstić information content (AvgIpc) is 2.92. The van der Waals surface area contributed by atoms with Gasteiger partial charge in [0.05, 0.1) is 11.6 Å². The van der Waals surface area contributed by atoms with Gasteiger partial charge in [-0.05, 0) is 37.8 Å². The van der Waals surface area contributed by atoms with Gasteiger partial charge >= 0.3 is 0 Å². The molecule has 0 aromatic carbocycles. The van der Waals surface area contributed by atoms with Gasteiger partial charge < -0.3 is 10.2 Å². The maximum Gasteiger partial charge on any atom is 0.130 e. The van der Waals surface area contributed by atoms with E-state index in [-0.39, 0.29) is 0 Å². The number of nitrogens with one attached hydrogen (secondary N) is 1. The Morgan fingerprint density at radius 1 is 1.44 bits per heavy atom. The van der Waals surface area contributed by atoms with E-state index >= 15 is 0 Å². The fraction of sp³-hybridized carbons (Fsp3) is 0.571. The molecule has 3 atom stereocenters. The molecule has 1 aromatic rings. The van der Waals surface area contributed by atoms with Gasteiger partial charge in [0.25, 0.3) is 0 Å². The van der Waals surface area contributed by atoms with Crippen LogP contribution in [0.2, 0.25) is 0 Å². The molecule has 4 heteroatoms. The van der Waals surface area contributed by atoms with Crippen LogP contribution >= 0.6 is 0 Å². The second-order valence-corrected chi connectivity index (χ2v) is 5.44. The lowest BCUT2D eigenvalue weighted by Crippen LogP contribution is -2.33. The van der Waals surface area contributed by atoms with Crippen LogP contribution in [0.3, 0.4) is 0 Å². The van der Waals surface area contributed by atoms with E-state index < -0.39 is 0 Å². The first kappa shape index (κ1) is 11.5. The summed E-state index contributed by atoms with van der Waals surface area (Å²) in [4.78, 5) is 6.96. The molecule has 94 valence electrons. The molecule has 18 heavy (non-hydrogen) atoms. The molecule has 3 unspecified atom stereocenters. The third-order valence-corrected chi connectivity index (χ3v) is 4.30. The Labute approximate surface area is 108 Å². The van der Waals surface area contributed by atoms with Crippen molar-refractivity contribution in [3.8, 4) is 6.07 Å². The number of hydrogen-bond acceptors (Lipinski definition) is 4. The first-order valence-electron chi connectivity index (χ1n) is 6.55. The van der Waals surface area contributed by atoms with Crippen molar-refractivity contribution in [2.75, 3.05) is 24.5 Å². The third-order valence-electron chi connectivity index (χ3n) is 4.30. The highest BCUT2D eigenvalue weighted by Gasteiger charge is 2.42. The van der Waals surface area contributed by atoms with Crippen molar-refractivity contribution in [2.24, 2.45) is 11.8 Å². The summed E-state index contributed by atoms with van der Waals surface area (Å²) < 4.78 is 0. The lowest BCUT2D eigenvalue weighted by molar-refractivity contribution is 0.471. The highest BCUT2D eigenvalue weighted by atomic mass is 15.3. The SMILES string of the molecule is Cc1cc(C#N)cc(N2CC3CNCC3C2C)n1. The minimum atomic E-state index is 0.505. The second kappa shape index (κ2) is 4.25. The summed E-state index contributed by atoms with van der Waals surface area (Å²) in [6.45, 7) is 7.50. The van der Waals surface area contributed by atoms with Crippen molar-refractivity contribution >= 4 is 5.82 Å². The summed E-state index contributed by atoms with van der Waals surface area (Å²) in [6.07, 6.45) is 0. The number of nitrogens with zero attached hydrogens (tertiary/aromatic N) is 3. The van der Waals surface area contributed by atoms with E-state index in [1.165, 1.54) is 0 Å². The Bertz CT molecular complexity index is 505. The Kier molecular flexibility index (Phi) is 2.71. The highest BCUT2D eigenvalue weighted by Crippen LogP contribution is 2.35. The van der Waals surface area contributed by atoms with Gasteiger partial charge in [0.1, 0.15) is 5.82 Å². The number of fused-ring (bicyclic) bond motifs is 1. The zero-order valence-electron chi connectivity index (χ0n) is 10.8. The predicted octanol–water partition coefficient (Wildman–Crippen LogP) is 1.31. The predicted molar refractivity (Wildman–Crippen MR) is 70.3 cm³/mol. The lowest BCUT2D eigenvalue weighted by Gasteiger charge is -2.26. The summed E-state index contributed by atoms with van der Waals surface area (Å²) in [6, 6.07) is 6.48. The Morgan fingerprint density at radius 3 is 3.00 bits per heavy atom. The fourth-order valence-corrected chi connectivity index (χ4v) is 3.33. The monoisotopic (exact) mass is 242 g/mol. The maximum absolute atomic E-state index is 9.05. The highest BCUT2D eigenvalue weighted by molar-refractivity contribution is 5.48. The van der Waals surface area contributed by atoms with Gasteiger partial charge in [0.2, 0.25) is 0 Å². The van der Waals surface area contributed by atoms with Crippen LogP contribution in [-0.4, -0.2) is 30.7 Å². The number of rotatable bonds is 1. The largest absolute Gasteiger partial charge is 0.353 e. The molecule has 2 aliphatic heterocycles. The zero-order valence-corrected chi connectivity index (χ0v) is 10.8. The van der Waals surface area contributed by atoms with Crippen molar-refractivity contribution in [2.45, 2.75) is 19.9 Å². The summed E-state index contributed by atoms with van der Waals surface area (Å²) in [5.41, 5.74) is 1.63. The molecular formula is C14H18N4. The molecular weight excluding hydrogens is 224 g/mol. The molecule has 0 spiro atoms. The van der Waals surface area contributed by atoms with E-state index in [0.717, 1.165) is 43.0 Å². The lowest BCUT2D eigenvalue weighted by atomic mass is 9.95. The normalized spacial score (nSPS) is 30.3. The fourth-order valence-electron chi connectivity index (χ4n) is 3.33. The van der Waals surface area contributed by atoms with Gasteiger partial charge in [-0.15, -0.1) is 0 Å². The van der Waals surface area contributed by atoms with E-state index in [1.54, 1.807) is 0 Å². The molecule has 2 aliphatic rings.